The molecular formula is C11H21N. The van der Waals surface area contributed by atoms with E-state index < -0.39 is 0 Å². The number of hydrogen-bond acceptors (Lipinski definition) is 1. The number of rotatable bonds is 1. The van der Waals surface area contributed by atoms with E-state index in [2.05, 4.69) is 0 Å². The smallest absolute Gasteiger partial charge is 0.00891 e. The van der Waals surface area contributed by atoms with Crippen molar-refractivity contribution in [2.45, 2.75) is 58.3 Å². The molecule has 0 saturated heterocycles. The zero-order chi connectivity index (χ0) is 8.81. The summed E-state index contributed by atoms with van der Waals surface area (Å²) in [4.78, 5) is 0. The van der Waals surface area contributed by atoms with Crippen LogP contribution in [0, 0.1) is 11.3 Å². The third-order valence-corrected chi connectivity index (χ3v) is 2.97. The second kappa shape index (κ2) is 5.34. The summed E-state index contributed by atoms with van der Waals surface area (Å²) < 4.78 is 0. The molecule has 0 aliphatic heterocycles. The molecular weight excluding hydrogens is 146 g/mol. The Bertz CT molecular complexity index is 130. The Morgan fingerprint density at radius 1 is 0.917 bits per heavy atom. The van der Waals surface area contributed by atoms with Gasteiger partial charge in [-0.15, -0.1) is 0 Å². The van der Waals surface area contributed by atoms with Gasteiger partial charge in [-0.05, 0) is 25.7 Å². The van der Waals surface area contributed by atoms with E-state index in [1.807, 2.05) is 6.92 Å². The van der Waals surface area contributed by atoms with Crippen molar-refractivity contribution < 1.29 is 0 Å². The molecule has 0 atom stereocenters. The van der Waals surface area contributed by atoms with Gasteiger partial charge in [0, 0.05) is 5.71 Å². The van der Waals surface area contributed by atoms with Gasteiger partial charge >= 0.3 is 0 Å². The maximum atomic E-state index is 7.63. The Morgan fingerprint density at radius 2 is 1.33 bits per heavy atom. The lowest BCUT2D eigenvalue weighted by molar-refractivity contribution is 0.533. The quantitative estimate of drug-likeness (QED) is 0.575. The highest BCUT2D eigenvalue weighted by Crippen LogP contribution is 2.22. The van der Waals surface area contributed by atoms with E-state index in [0.29, 0.717) is 5.92 Å². The Hall–Kier alpha value is -0.330. The van der Waals surface area contributed by atoms with Crippen LogP contribution in [-0.4, -0.2) is 5.71 Å². The van der Waals surface area contributed by atoms with Crippen LogP contribution in [0.5, 0.6) is 0 Å². The normalized spacial score (nSPS) is 22.4. The minimum Gasteiger partial charge on any atom is -0.310 e. The van der Waals surface area contributed by atoms with Crippen molar-refractivity contribution in [2.24, 2.45) is 5.92 Å². The van der Waals surface area contributed by atoms with E-state index in [1.54, 1.807) is 0 Å². The number of nitrogens with one attached hydrogen (secondary N) is 1. The maximum Gasteiger partial charge on any atom is 0.00891 e. The minimum atomic E-state index is 0.614. The van der Waals surface area contributed by atoms with Gasteiger partial charge in [-0.3, -0.25) is 0 Å². The highest BCUT2D eigenvalue weighted by molar-refractivity contribution is 5.81. The molecule has 1 heteroatoms. The molecule has 70 valence electrons. The summed E-state index contributed by atoms with van der Waals surface area (Å²) in [6.45, 7) is 1.97. The summed E-state index contributed by atoms with van der Waals surface area (Å²) in [5.41, 5.74) is 0.914. The molecule has 1 N–H and O–H groups in total. The summed E-state index contributed by atoms with van der Waals surface area (Å²) in [5.74, 6) is 0.614. The fraction of sp³-hybridized carbons (Fsp3) is 0.909. The van der Waals surface area contributed by atoms with Crippen LogP contribution in [0.2, 0.25) is 0 Å². The highest BCUT2D eigenvalue weighted by Gasteiger charge is 2.11. The van der Waals surface area contributed by atoms with Crippen molar-refractivity contribution in [3.8, 4) is 0 Å². The van der Waals surface area contributed by atoms with Crippen molar-refractivity contribution in [1.29, 1.82) is 5.41 Å². The van der Waals surface area contributed by atoms with Crippen molar-refractivity contribution in [2.75, 3.05) is 0 Å². The lowest BCUT2D eigenvalue weighted by Gasteiger charge is -2.13. The van der Waals surface area contributed by atoms with Gasteiger partial charge in [-0.1, -0.05) is 38.5 Å². The topological polar surface area (TPSA) is 23.9 Å². The summed E-state index contributed by atoms with van der Waals surface area (Å²) in [7, 11) is 0. The molecule has 0 unspecified atom stereocenters. The predicted molar refractivity (Wildman–Crippen MR) is 53.8 cm³/mol. The molecule has 0 spiro atoms. The summed E-state index contributed by atoms with van der Waals surface area (Å²) >= 11 is 0. The van der Waals surface area contributed by atoms with Gasteiger partial charge in [0.15, 0.2) is 0 Å². The van der Waals surface area contributed by atoms with E-state index in [0.717, 1.165) is 5.71 Å². The fourth-order valence-corrected chi connectivity index (χ4v) is 2.07. The first-order valence-corrected chi connectivity index (χ1v) is 5.36. The SMILES string of the molecule is CC(=N)C1CCCCCCCC1. The molecule has 1 nitrogen and oxygen atoms in total. The van der Waals surface area contributed by atoms with Crippen LogP contribution in [0.1, 0.15) is 58.3 Å². The zero-order valence-corrected chi connectivity index (χ0v) is 8.23. The molecule has 0 amide bonds. The molecule has 0 aromatic rings. The van der Waals surface area contributed by atoms with Gasteiger partial charge in [0.25, 0.3) is 0 Å². The van der Waals surface area contributed by atoms with Crippen molar-refractivity contribution >= 4 is 5.71 Å². The molecule has 1 fully saturated rings. The molecule has 12 heavy (non-hydrogen) atoms. The highest BCUT2D eigenvalue weighted by atomic mass is 14.4. The van der Waals surface area contributed by atoms with Gasteiger partial charge in [-0.2, -0.15) is 0 Å². The molecule has 1 rings (SSSR count). The molecule has 0 radical (unpaired) electrons. The summed E-state index contributed by atoms with van der Waals surface area (Å²) in [6, 6.07) is 0. The van der Waals surface area contributed by atoms with Crippen LogP contribution in [0.3, 0.4) is 0 Å². The van der Waals surface area contributed by atoms with E-state index >= 15 is 0 Å². The van der Waals surface area contributed by atoms with Crippen molar-refractivity contribution in [3.63, 3.8) is 0 Å². The third kappa shape index (κ3) is 3.38. The summed E-state index contributed by atoms with van der Waals surface area (Å²) in [5, 5.41) is 7.63. The Kier molecular flexibility index (Phi) is 4.34. The number of hydrogen-bond donors (Lipinski definition) is 1. The standard InChI is InChI=1S/C11H21N/c1-10(12)11-8-6-4-2-3-5-7-9-11/h11-12H,2-9H2,1H3. The average Bonchev–Trinajstić information content (AvgIpc) is 2.15. The molecule has 1 aliphatic rings. The molecule has 0 heterocycles. The van der Waals surface area contributed by atoms with E-state index in [1.165, 1.54) is 51.4 Å². The van der Waals surface area contributed by atoms with Crippen LogP contribution in [0.15, 0.2) is 0 Å². The molecule has 1 saturated carbocycles. The lowest BCUT2D eigenvalue weighted by Crippen LogP contribution is -2.09. The van der Waals surface area contributed by atoms with Gasteiger partial charge in [-0.25, -0.2) is 0 Å². The zero-order valence-electron chi connectivity index (χ0n) is 8.23. The first-order chi connectivity index (χ1) is 5.80. The van der Waals surface area contributed by atoms with E-state index in [9.17, 15) is 0 Å². The largest absolute Gasteiger partial charge is 0.310 e. The van der Waals surface area contributed by atoms with Crippen molar-refractivity contribution in [3.05, 3.63) is 0 Å². The molecule has 0 aromatic heterocycles. The van der Waals surface area contributed by atoms with E-state index in [-0.39, 0.29) is 0 Å². The molecule has 0 aromatic carbocycles. The first-order valence-electron chi connectivity index (χ1n) is 5.36. The summed E-state index contributed by atoms with van der Waals surface area (Å²) in [6.07, 6.45) is 10.9. The molecule has 1 aliphatic carbocycles. The van der Waals surface area contributed by atoms with Gasteiger partial charge in [0.05, 0.1) is 0 Å². The Balaban J connectivity index is 2.33. The van der Waals surface area contributed by atoms with Crippen molar-refractivity contribution in [1.82, 2.24) is 0 Å². The van der Waals surface area contributed by atoms with Crippen LogP contribution >= 0.6 is 0 Å². The second-order valence-electron chi connectivity index (χ2n) is 4.08. The van der Waals surface area contributed by atoms with Crippen LogP contribution < -0.4 is 0 Å². The van der Waals surface area contributed by atoms with Crippen LogP contribution in [0.4, 0.5) is 0 Å². The molecule has 0 bridgehead atoms. The van der Waals surface area contributed by atoms with Crippen LogP contribution in [-0.2, 0) is 0 Å². The average molecular weight is 167 g/mol. The van der Waals surface area contributed by atoms with Crippen LogP contribution in [0.25, 0.3) is 0 Å². The lowest BCUT2D eigenvalue weighted by atomic mass is 9.93. The Morgan fingerprint density at radius 3 is 1.75 bits per heavy atom. The maximum absolute atomic E-state index is 7.63. The van der Waals surface area contributed by atoms with E-state index in [4.69, 9.17) is 5.41 Å². The fourth-order valence-electron chi connectivity index (χ4n) is 2.07. The predicted octanol–water partition coefficient (Wildman–Crippen LogP) is 3.78. The van der Waals surface area contributed by atoms with Gasteiger partial charge in [0.2, 0.25) is 0 Å². The second-order valence-corrected chi connectivity index (χ2v) is 4.08. The van der Waals surface area contributed by atoms with Gasteiger partial charge in [0.1, 0.15) is 0 Å². The first kappa shape index (κ1) is 9.76. The monoisotopic (exact) mass is 167 g/mol. The minimum absolute atomic E-state index is 0.614. The van der Waals surface area contributed by atoms with Gasteiger partial charge < -0.3 is 5.41 Å². The third-order valence-electron chi connectivity index (χ3n) is 2.97. The Labute approximate surface area is 76.1 Å².